The standard InChI is InChI=1S/C9H5F3O/c10-9(11,12)8(13)6-7-4-2-1-3-5-7/h1-2,4H,6H2. The van der Waals surface area contributed by atoms with Crippen LogP contribution in [0, 0.1) is 0 Å². The van der Waals surface area contributed by atoms with Gasteiger partial charge in [-0.15, -0.1) is 0 Å². The fraction of sp³-hybridized carbons (Fsp3) is 0.222. The van der Waals surface area contributed by atoms with Crippen molar-refractivity contribution >= 4 is 5.78 Å². The Balaban J connectivity index is 2.71. The second-order valence-electron chi connectivity index (χ2n) is 2.42. The maximum Gasteiger partial charge on any atom is 0.450 e. The number of ketones is 1. The van der Waals surface area contributed by atoms with Crippen molar-refractivity contribution in [3.8, 4) is 0 Å². The molecule has 0 N–H and O–H groups in total. The number of alkyl halides is 3. The van der Waals surface area contributed by atoms with Crippen molar-refractivity contribution in [1.82, 2.24) is 0 Å². The van der Waals surface area contributed by atoms with Gasteiger partial charge in [-0.2, -0.15) is 13.2 Å². The number of hydrogen-bond donors (Lipinski definition) is 0. The lowest BCUT2D eigenvalue weighted by molar-refractivity contribution is -0.170. The molecular formula is C9H5F3O. The zero-order chi connectivity index (χ0) is 9.90. The Kier molecular flexibility index (Phi) is 2.57. The second-order valence-corrected chi connectivity index (χ2v) is 2.42. The van der Waals surface area contributed by atoms with Crippen molar-refractivity contribution in [1.29, 1.82) is 0 Å². The topological polar surface area (TPSA) is 17.1 Å². The molecule has 1 aliphatic carbocycles. The number of rotatable bonds is 2. The third-order valence-electron chi connectivity index (χ3n) is 1.38. The van der Waals surface area contributed by atoms with Crippen LogP contribution in [-0.2, 0) is 4.79 Å². The van der Waals surface area contributed by atoms with E-state index in [9.17, 15) is 18.0 Å². The van der Waals surface area contributed by atoms with Crippen molar-refractivity contribution in [3.63, 3.8) is 0 Å². The lowest BCUT2D eigenvalue weighted by Gasteiger charge is -2.03. The van der Waals surface area contributed by atoms with Crippen LogP contribution in [0.4, 0.5) is 13.2 Å². The molecule has 0 radical (unpaired) electrons. The van der Waals surface area contributed by atoms with Crippen LogP contribution in [0.2, 0.25) is 0 Å². The highest BCUT2D eigenvalue weighted by Crippen LogP contribution is 2.20. The zero-order valence-electron chi connectivity index (χ0n) is 6.48. The summed E-state index contributed by atoms with van der Waals surface area (Å²) in [7, 11) is 0. The summed E-state index contributed by atoms with van der Waals surface area (Å²) in [6.45, 7) is 0. The fourth-order valence-electron chi connectivity index (χ4n) is 0.765. The van der Waals surface area contributed by atoms with Crippen LogP contribution in [-0.4, -0.2) is 12.0 Å². The molecule has 0 atom stereocenters. The molecule has 0 bridgehead atoms. The van der Waals surface area contributed by atoms with Gasteiger partial charge < -0.3 is 0 Å². The molecule has 1 rings (SSSR count). The third-order valence-corrected chi connectivity index (χ3v) is 1.38. The van der Waals surface area contributed by atoms with E-state index in [0.717, 1.165) is 0 Å². The molecule has 1 aliphatic rings. The molecule has 13 heavy (non-hydrogen) atoms. The Bertz CT molecular complexity index is 348. The number of carbonyl (C=O) groups is 1. The van der Waals surface area contributed by atoms with Crippen molar-refractivity contribution in [2.75, 3.05) is 0 Å². The molecule has 1 nitrogen and oxygen atoms in total. The first-order valence-corrected chi connectivity index (χ1v) is 3.47. The quantitative estimate of drug-likeness (QED) is 0.605. The van der Waals surface area contributed by atoms with Gasteiger partial charge in [0.25, 0.3) is 0 Å². The predicted molar refractivity (Wildman–Crippen MR) is 39.9 cm³/mol. The largest absolute Gasteiger partial charge is 0.450 e. The first-order chi connectivity index (χ1) is 6.00. The van der Waals surface area contributed by atoms with Crippen molar-refractivity contribution in [2.24, 2.45) is 0 Å². The summed E-state index contributed by atoms with van der Waals surface area (Å²) in [4.78, 5) is 10.5. The molecule has 0 saturated carbocycles. The molecule has 0 aromatic rings. The van der Waals surface area contributed by atoms with Crippen molar-refractivity contribution in [2.45, 2.75) is 12.6 Å². The van der Waals surface area contributed by atoms with Gasteiger partial charge in [-0.3, -0.25) is 4.79 Å². The number of Topliss-reactive ketones (excluding diaryl/α,β-unsaturated/α-hetero) is 1. The van der Waals surface area contributed by atoms with E-state index in [2.05, 4.69) is 11.5 Å². The SMILES string of the molecule is O=C(CC1=C=C=CC=C1)C(F)(F)F. The van der Waals surface area contributed by atoms with Gasteiger partial charge in [0.1, 0.15) is 0 Å². The maximum atomic E-state index is 11.8. The molecule has 68 valence electrons. The Morgan fingerprint density at radius 1 is 1.46 bits per heavy atom. The minimum Gasteiger partial charge on any atom is -0.289 e. The van der Waals surface area contributed by atoms with E-state index in [-0.39, 0.29) is 5.57 Å². The number of carbonyl (C=O) groups excluding carboxylic acids is 1. The van der Waals surface area contributed by atoms with E-state index < -0.39 is 18.4 Å². The van der Waals surface area contributed by atoms with Crippen LogP contribution in [0.1, 0.15) is 6.42 Å². The maximum absolute atomic E-state index is 11.8. The molecule has 0 amide bonds. The zero-order valence-corrected chi connectivity index (χ0v) is 6.48. The van der Waals surface area contributed by atoms with Crippen LogP contribution in [0.3, 0.4) is 0 Å². The number of hydrogen-bond acceptors (Lipinski definition) is 1. The molecule has 0 spiro atoms. The smallest absolute Gasteiger partial charge is 0.289 e. The summed E-state index contributed by atoms with van der Waals surface area (Å²) >= 11 is 0. The van der Waals surface area contributed by atoms with Gasteiger partial charge in [0, 0.05) is 12.0 Å². The van der Waals surface area contributed by atoms with Crippen LogP contribution in [0.5, 0.6) is 0 Å². The van der Waals surface area contributed by atoms with Crippen LogP contribution in [0.15, 0.2) is 35.3 Å². The van der Waals surface area contributed by atoms with Gasteiger partial charge in [0.05, 0.1) is 0 Å². The minimum absolute atomic E-state index is 0.199. The Morgan fingerprint density at radius 2 is 2.15 bits per heavy atom. The van der Waals surface area contributed by atoms with Crippen molar-refractivity contribution < 1.29 is 18.0 Å². The molecule has 0 heterocycles. The van der Waals surface area contributed by atoms with Gasteiger partial charge in [-0.05, 0) is 12.2 Å². The molecule has 0 saturated heterocycles. The fourth-order valence-corrected chi connectivity index (χ4v) is 0.765. The van der Waals surface area contributed by atoms with Gasteiger partial charge in [-0.25, -0.2) is 0 Å². The van der Waals surface area contributed by atoms with E-state index in [4.69, 9.17) is 0 Å². The third kappa shape index (κ3) is 2.79. The Morgan fingerprint density at radius 3 is 2.62 bits per heavy atom. The molecule has 4 heteroatoms. The summed E-state index contributed by atoms with van der Waals surface area (Å²) in [6, 6.07) is 0. The van der Waals surface area contributed by atoms with Gasteiger partial charge in [0.2, 0.25) is 5.78 Å². The predicted octanol–water partition coefficient (Wildman–Crippen LogP) is 2.31. The van der Waals surface area contributed by atoms with Gasteiger partial charge in [-0.1, -0.05) is 17.5 Å². The van der Waals surface area contributed by atoms with Gasteiger partial charge >= 0.3 is 6.18 Å². The van der Waals surface area contributed by atoms with E-state index in [1.54, 1.807) is 0 Å². The van der Waals surface area contributed by atoms with E-state index in [1.807, 2.05) is 0 Å². The Hall–Kier alpha value is -1.50. The Labute approximate surface area is 72.6 Å². The van der Waals surface area contributed by atoms with E-state index in [0.29, 0.717) is 0 Å². The average molecular weight is 186 g/mol. The van der Waals surface area contributed by atoms with Crippen LogP contribution in [0.25, 0.3) is 0 Å². The lowest BCUT2D eigenvalue weighted by atomic mass is 10.1. The molecule has 0 aliphatic heterocycles. The normalized spacial score (nSPS) is 14.5. The first-order valence-electron chi connectivity index (χ1n) is 3.47. The molecular weight excluding hydrogens is 181 g/mol. The van der Waals surface area contributed by atoms with Crippen LogP contribution < -0.4 is 0 Å². The van der Waals surface area contributed by atoms with E-state index >= 15 is 0 Å². The molecule has 0 unspecified atom stereocenters. The van der Waals surface area contributed by atoms with Gasteiger partial charge in [0.15, 0.2) is 0 Å². The van der Waals surface area contributed by atoms with E-state index in [1.165, 1.54) is 18.2 Å². The summed E-state index contributed by atoms with van der Waals surface area (Å²) in [6.07, 6.45) is -1.01. The molecule has 0 fully saturated rings. The highest BCUT2D eigenvalue weighted by molar-refractivity contribution is 5.86. The highest BCUT2D eigenvalue weighted by Gasteiger charge is 2.37. The van der Waals surface area contributed by atoms with Crippen LogP contribution >= 0.6 is 0 Å². The number of allylic oxidation sites excluding steroid dienone is 4. The summed E-state index contributed by atoms with van der Waals surface area (Å²) in [5.74, 6) is -1.76. The molecule has 0 aromatic carbocycles. The monoisotopic (exact) mass is 186 g/mol. The summed E-state index contributed by atoms with van der Waals surface area (Å²) < 4.78 is 35.3. The molecule has 0 aromatic heterocycles. The average Bonchev–Trinajstić information content (AvgIpc) is 2.04. The minimum atomic E-state index is -4.76. The highest BCUT2D eigenvalue weighted by atomic mass is 19.4. The first kappa shape index (κ1) is 9.59. The second kappa shape index (κ2) is 3.48. The van der Waals surface area contributed by atoms with Crippen molar-refractivity contribution in [3.05, 3.63) is 35.3 Å². The summed E-state index contributed by atoms with van der Waals surface area (Å²) in [5.41, 5.74) is 5.10. The lowest BCUT2D eigenvalue weighted by Crippen LogP contribution is -2.22. The number of halogens is 3. The summed E-state index contributed by atoms with van der Waals surface area (Å²) in [5, 5.41) is 0.